The molecular formula is C21H30N4O4S2. The first-order valence-electron chi connectivity index (χ1n) is 11.1. The van der Waals surface area contributed by atoms with Gasteiger partial charge in [-0.3, -0.25) is 4.90 Å². The van der Waals surface area contributed by atoms with Gasteiger partial charge in [0, 0.05) is 35.3 Å². The molecule has 10 heteroatoms. The van der Waals surface area contributed by atoms with E-state index in [2.05, 4.69) is 35.1 Å². The summed E-state index contributed by atoms with van der Waals surface area (Å²) in [6.07, 6.45) is 4.86. The Morgan fingerprint density at radius 1 is 1.39 bits per heavy atom. The normalized spacial score (nSPS) is 33.1. The number of hydrogen-bond donors (Lipinski definition) is 1. The number of hydrogen-bond acceptors (Lipinski definition) is 8. The molecule has 1 spiro atoms. The number of aryl methyl sites for hydroxylation is 1. The Morgan fingerprint density at radius 3 is 2.94 bits per heavy atom. The molecule has 1 unspecified atom stereocenters. The van der Waals surface area contributed by atoms with Crippen LogP contribution in [0.25, 0.3) is 0 Å². The van der Waals surface area contributed by atoms with Gasteiger partial charge >= 0.3 is 0 Å². The number of piperidine rings is 1. The number of aromatic nitrogens is 3. The van der Waals surface area contributed by atoms with Crippen molar-refractivity contribution in [2.24, 2.45) is 0 Å². The van der Waals surface area contributed by atoms with Gasteiger partial charge < -0.3 is 9.84 Å². The van der Waals surface area contributed by atoms with E-state index in [0.29, 0.717) is 12.6 Å². The van der Waals surface area contributed by atoms with Crippen LogP contribution in [0.3, 0.4) is 0 Å². The lowest BCUT2D eigenvalue weighted by Gasteiger charge is -2.47. The summed E-state index contributed by atoms with van der Waals surface area (Å²) in [5.74, 6) is -0.290. The number of nitrogens with zero attached hydrogens (tertiary/aromatic N) is 4. The minimum Gasteiger partial charge on any atom is -0.390 e. The lowest BCUT2D eigenvalue weighted by molar-refractivity contribution is -0.112. The lowest BCUT2D eigenvalue weighted by atomic mass is 9.79. The molecule has 0 radical (unpaired) electrons. The highest BCUT2D eigenvalue weighted by Gasteiger charge is 2.44. The van der Waals surface area contributed by atoms with Crippen LogP contribution in [0.5, 0.6) is 0 Å². The minimum absolute atomic E-state index is 0.0837. The van der Waals surface area contributed by atoms with Crippen LogP contribution in [-0.2, 0) is 39.6 Å². The van der Waals surface area contributed by atoms with Crippen LogP contribution in [0.2, 0.25) is 0 Å². The molecule has 4 atom stereocenters. The number of rotatable bonds is 4. The fourth-order valence-corrected chi connectivity index (χ4v) is 8.28. The van der Waals surface area contributed by atoms with Crippen LogP contribution >= 0.6 is 11.3 Å². The molecular weight excluding hydrogens is 436 g/mol. The smallest absolute Gasteiger partial charge is 0.155 e. The van der Waals surface area contributed by atoms with E-state index in [1.54, 1.807) is 6.20 Å². The summed E-state index contributed by atoms with van der Waals surface area (Å²) < 4.78 is 31.6. The van der Waals surface area contributed by atoms with Gasteiger partial charge in [0.1, 0.15) is 0 Å². The third kappa shape index (κ3) is 3.97. The van der Waals surface area contributed by atoms with Gasteiger partial charge in [-0.05, 0) is 37.8 Å². The molecule has 31 heavy (non-hydrogen) atoms. The number of fused-ring (bicyclic) bond motifs is 2. The zero-order valence-electron chi connectivity index (χ0n) is 18.0. The van der Waals surface area contributed by atoms with Crippen molar-refractivity contribution in [2.45, 2.75) is 69.9 Å². The van der Waals surface area contributed by atoms with Crippen molar-refractivity contribution < 1.29 is 18.3 Å². The van der Waals surface area contributed by atoms with E-state index >= 15 is 0 Å². The molecule has 8 nitrogen and oxygen atoms in total. The molecule has 0 aromatic carbocycles. The Bertz CT molecular complexity index is 1070. The second-order valence-electron chi connectivity index (χ2n) is 9.17. The molecule has 5 rings (SSSR count). The molecule has 0 amide bonds. The molecule has 2 saturated heterocycles. The Morgan fingerprint density at radius 2 is 2.23 bits per heavy atom. The predicted molar refractivity (Wildman–Crippen MR) is 118 cm³/mol. The number of thiophene rings is 1. The first-order valence-corrected chi connectivity index (χ1v) is 13.7. The molecule has 2 fully saturated rings. The number of aliphatic hydroxyl groups is 1. The SMILES string of the molecule is CCc1cc2c(s1)CCO[C@@]21CCN(Cc2cn(C3CS(=O)(=O)C[C@H]3O)nn2)[C@@H](C)C1. The van der Waals surface area contributed by atoms with Crippen molar-refractivity contribution in [1.82, 2.24) is 19.9 Å². The molecule has 2 aromatic rings. The second-order valence-corrected chi connectivity index (χ2v) is 12.5. The standard InChI is InChI=1S/C21H30N4O4S2/c1-3-16-8-17-20(30-16)4-7-29-21(17)5-6-24(14(2)9-21)10-15-11-25(23-22-15)18-12-31(27,28)13-19(18)26/h8,11,14,18-19,26H,3-7,9-10,12-13H2,1-2H3/t14-,18?,19+,21+/m0/s1. The number of aliphatic hydroxyl groups excluding tert-OH is 1. The van der Waals surface area contributed by atoms with Crippen molar-refractivity contribution in [3.05, 3.63) is 33.3 Å². The highest BCUT2D eigenvalue weighted by atomic mass is 32.2. The molecule has 1 N–H and O–H groups in total. The summed E-state index contributed by atoms with van der Waals surface area (Å²) in [4.78, 5) is 5.33. The molecule has 0 saturated carbocycles. The van der Waals surface area contributed by atoms with Crippen molar-refractivity contribution >= 4 is 21.2 Å². The van der Waals surface area contributed by atoms with E-state index < -0.39 is 22.0 Å². The van der Waals surface area contributed by atoms with E-state index in [0.717, 1.165) is 44.5 Å². The largest absolute Gasteiger partial charge is 0.390 e. The second kappa shape index (κ2) is 7.91. The van der Waals surface area contributed by atoms with Gasteiger partial charge in [-0.1, -0.05) is 12.1 Å². The summed E-state index contributed by atoms with van der Waals surface area (Å²) in [5.41, 5.74) is 2.04. The Hall–Kier alpha value is -1.33. The average molecular weight is 467 g/mol. The van der Waals surface area contributed by atoms with Crippen LogP contribution in [0, 0.1) is 0 Å². The summed E-state index contributed by atoms with van der Waals surface area (Å²) in [7, 11) is -3.22. The minimum atomic E-state index is -3.22. The van der Waals surface area contributed by atoms with Crippen molar-refractivity contribution in [3.63, 3.8) is 0 Å². The van der Waals surface area contributed by atoms with Gasteiger partial charge in [-0.15, -0.1) is 16.4 Å². The topological polar surface area (TPSA) is 97.5 Å². The molecule has 3 aliphatic rings. The molecule has 5 heterocycles. The average Bonchev–Trinajstić information content (AvgIpc) is 3.41. The van der Waals surface area contributed by atoms with Crippen molar-refractivity contribution in [2.75, 3.05) is 24.7 Å². The monoisotopic (exact) mass is 466 g/mol. The zero-order chi connectivity index (χ0) is 21.8. The third-order valence-electron chi connectivity index (χ3n) is 7.01. The maximum Gasteiger partial charge on any atom is 0.155 e. The molecule has 2 aromatic heterocycles. The number of sulfone groups is 1. The maximum absolute atomic E-state index is 11.8. The van der Waals surface area contributed by atoms with Crippen LogP contribution in [0.15, 0.2) is 12.3 Å². The molecule has 0 bridgehead atoms. The maximum atomic E-state index is 11.8. The van der Waals surface area contributed by atoms with Crippen LogP contribution in [-0.4, -0.2) is 70.2 Å². The predicted octanol–water partition coefficient (Wildman–Crippen LogP) is 1.68. The molecule has 3 aliphatic heterocycles. The van der Waals surface area contributed by atoms with Crippen molar-refractivity contribution in [3.8, 4) is 0 Å². The first kappa shape index (κ1) is 21.5. The van der Waals surface area contributed by atoms with Gasteiger partial charge in [0.05, 0.1) is 47.8 Å². The van der Waals surface area contributed by atoms with Gasteiger partial charge in [-0.25, -0.2) is 13.1 Å². The van der Waals surface area contributed by atoms with Crippen molar-refractivity contribution in [1.29, 1.82) is 0 Å². The summed E-state index contributed by atoms with van der Waals surface area (Å²) in [5, 5.41) is 18.5. The number of likely N-dealkylation sites (tertiary alicyclic amines) is 1. The Labute approximate surface area is 187 Å². The van der Waals surface area contributed by atoms with E-state index in [4.69, 9.17) is 4.74 Å². The Balaban J connectivity index is 1.28. The first-order chi connectivity index (χ1) is 14.8. The van der Waals surface area contributed by atoms with Crippen LogP contribution in [0.4, 0.5) is 0 Å². The lowest BCUT2D eigenvalue weighted by Crippen LogP contribution is -2.50. The van der Waals surface area contributed by atoms with Gasteiger partial charge in [0.25, 0.3) is 0 Å². The van der Waals surface area contributed by atoms with E-state index in [1.807, 2.05) is 11.3 Å². The Kier molecular flexibility index (Phi) is 5.49. The zero-order valence-corrected chi connectivity index (χ0v) is 19.7. The summed E-state index contributed by atoms with van der Waals surface area (Å²) in [6, 6.07) is 2.15. The quantitative estimate of drug-likeness (QED) is 0.732. The summed E-state index contributed by atoms with van der Waals surface area (Å²) >= 11 is 1.94. The van der Waals surface area contributed by atoms with E-state index in [-0.39, 0.29) is 17.1 Å². The highest BCUT2D eigenvalue weighted by Crippen LogP contribution is 2.46. The molecule has 0 aliphatic carbocycles. The van der Waals surface area contributed by atoms with Gasteiger partial charge in [-0.2, -0.15) is 0 Å². The summed E-state index contributed by atoms with van der Waals surface area (Å²) in [6.45, 7) is 6.81. The third-order valence-corrected chi connectivity index (χ3v) is 10.1. The van der Waals surface area contributed by atoms with E-state index in [1.165, 1.54) is 20.0 Å². The van der Waals surface area contributed by atoms with Crippen LogP contribution in [0.1, 0.15) is 53.7 Å². The molecule has 170 valence electrons. The fraction of sp³-hybridized carbons (Fsp3) is 0.714. The van der Waals surface area contributed by atoms with E-state index in [9.17, 15) is 13.5 Å². The fourth-order valence-electron chi connectivity index (χ4n) is 5.33. The number of ether oxygens (including phenoxy) is 1. The van der Waals surface area contributed by atoms with Gasteiger partial charge in [0.2, 0.25) is 0 Å². The van der Waals surface area contributed by atoms with Gasteiger partial charge in [0.15, 0.2) is 9.84 Å². The van der Waals surface area contributed by atoms with Crippen LogP contribution < -0.4 is 0 Å². The highest BCUT2D eigenvalue weighted by molar-refractivity contribution is 7.91.